The van der Waals surface area contributed by atoms with Gasteiger partial charge in [-0.3, -0.25) is 14.4 Å². The number of esters is 1. The van der Waals surface area contributed by atoms with Crippen molar-refractivity contribution in [3.63, 3.8) is 0 Å². The van der Waals surface area contributed by atoms with E-state index in [1.165, 1.54) is 7.11 Å². The Kier molecular flexibility index (Phi) is 6.64. The van der Waals surface area contributed by atoms with Crippen molar-refractivity contribution in [3.05, 3.63) is 71.8 Å². The van der Waals surface area contributed by atoms with Crippen LogP contribution in [0.3, 0.4) is 0 Å². The fraction of sp³-hybridized carbons (Fsp3) is 0.174. The van der Waals surface area contributed by atoms with Crippen molar-refractivity contribution in [3.8, 4) is 5.75 Å². The Bertz CT molecular complexity index is 1090. The van der Waals surface area contributed by atoms with Gasteiger partial charge in [0, 0.05) is 5.56 Å². The van der Waals surface area contributed by atoms with E-state index in [0.29, 0.717) is 17.0 Å². The Labute approximate surface area is 174 Å². The van der Waals surface area contributed by atoms with E-state index < -0.39 is 24.4 Å². The number of amides is 2. The lowest BCUT2D eigenvalue weighted by molar-refractivity contribution is -0.146. The first-order chi connectivity index (χ1) is 14.5. The summed E-state index contributed by atoms with van der Waals surface area (Å²) in [6, 6.07) is 18.3. The average molecular weight is 406 g/mol. The van der Waals surface area contributed by atoms with Gasteiger partial charge in [0.15, 0.2) is 6.61 Å². The fourth-order valence-corrected chi connectivity index (χ4v) is 2.89. The van der Waals surface area contributed by atoms with Gasteiger partial charge in [-0.25, -0.2) is 0 Å². The number of anilines is 1. The third-order valence-corrected chi connectivity index (χ3v) is 4.40. The third kappa shape index (κ3) is 5.35. The molecule has 3 rings (SSSR count). The maximum Gasteiger partial charge on any atom is 0.325 e. The number of methoxy groups -OCH3 is 1. The Morgan fingerprint density at radius 3 is 2.47 bits per heavy atom. The van der Waals surface area contributed by atoms with Gasteiger partial charge in [-0.15, -0.1) is 0 Å². The van der Waals surface area contributed by atoms with Crippen LogP contribution in [0.2, 0.25) is 0 Å². The minimum absolute atomic E-state index is 0.341. The number of rotatable bonds is 7. The normalized spacial score (nSPS) is 10.3. The summed E-state index contributed by atoms with van der Waals surface area (Å²) < 4.78 is 10.1. The second-order valence-electron chi connectivity index (χ2n) is 6.66. The predicted molar refractivity (Wildman–Crippen MR) is 114 cm³/mol. The van der Waals surface area contributed by atoms with Crippen molar-refractivity contribution in [2.75, 3.05) is 25.6 Å². The summed E-state index contributed by atoms with van der Waals surface area (Å²) >= 11 is 0. The zero-order valence-electron chi connectivity index (χ0n) is 16.7. The van der Waals surface area contributed by atoms with Crippen LogP contribution < -0.4 is 15.4 Å². The Balaban J connectivity index is 1.47. The lowest BCUT2D eigenvalue weighted by Gasteiger charge is -2.11. The van der Waals surface area contributed by atoms with Gasteiger partial charge in [0.05, 0.1) is 12.8 Å². The monoisotopic (exact) mass is 406 g/mol. The quantitative estimate of drug-likeness (QED) is 0.588. The van der Waals surface area contributed by atoms with E-state index in [1.54, 1.807) is 24.3 Å². The minimum Gasteiger partial charge on any atom is -0.495 e. The topological polar surface area (TPSA) is 93.7 Å². The summed E-state index contributed by atoms with van der Waals surface area (Å²) in [5.74, 6) is -1.11. The number of hydrogen-bond acceptors (Lipinski definition) is 5. The lowest BCUT2D eigenvalue weighted by atomic mass is 10.1. The third-order valence-electron chi connectivity index (χ3n) is 4.40. The molecule has 7 nitrogen and oxygen atoms in total. The van der Waals surface area contributed by atoms with Gasteiger partial charge in [0.25, 0.3) is 11.8 Å². The molecule has 154 valence electrons. The Morgan fingerprint density at radius 1 is 0.933 bits per heavy atom. The van der Waals surface area contributed by atoms with Crippen LogP contribution in [-0.4, -0.2) is 38.0 Å². The van der Waals surface area contributed by atoms with Crippen molar-refractivity contribution in [1.82, 2.24) is 5.32 Å². The van der Waals surface area contributed by atoms with E-state index in [0.717, 1.165) is 16.3 Å². The smallest absolute Gasteiger partial charge is 0.325 e. The number of ether oxygens (including phenoxy) is 2. The highest BCUT2D eigenvalue weighted by Gasteiger charge is 2.13. The molecule has 0 saturated carbocycles. The fourth-order valence-electron chi connectivity index (χ4n) is 2.89. The van der Waals surface area contributed by atoms with Gasteiger partial charge in [-0.1, -0.05) is 36.4 Å². The highest BCUT2D eigenvalue weighted by molar-refractivity contribution is 6.00. The summed E-state index contributed by atoms with van der Waals surface area (Å²) in [6.45, 7) is 1.07. The number of nitrogens with one attached hydrogen (secondary N) is 2. The van der Waals surface area contributed by atoms with Crippen molar-refractivity contribution < 1.29 is 23.9 Å². The van der Waals surface area contributed by atoms with Crippen LogP contribution >= 0.6 is 0 Å². The van der Waals surface area contributed by atoms with Crippen molar-refractivity contribution in [2.45, 2.75) is 6.92 Å². The first-order valence-corrected chi connectivity index (χ1v) is 9.33. The van der Waals surface area contributed by atoms with E-state index in [-0.39, 0.29) is 6.54 Å². The van der Waals surface area contributed by atoms with Crippen LogP contribution in [-0.2, 0) is 14.3 Å². The first-order valence-electron chi connectivity index (χ1n) is 9.33. The van der Waals surface area contributed by atoms with Crippen LogP contribution in [0, 0.1) is 6.92 Å². The molecule has 30 heavy (non-hydrogen) atoms. The number of carbonyl (C=O) groups excluding carboxylic acids is 3. The molecule has 0 spiro atoms. The van der Waals surface area contributed by atoms with E-state index in [1.807, 2.05) is 43.3 Å². The molecule has 0 aliphatic heterocycles. The molecule has 7 heteroatoms. The van der Waals surface area contributed by atoms with E-state index in [4.69, 9.17) is 9.47 Å². The number of hydrogen-bond donors (Lipinski definition) is 2. The van der Waals surface area contributed by atoms with Crippen LogP contribution in [0.25, 0.3) is 10.8 Å². The maximum atomic E-state index is 12.3. The Morgan fingerprint density at radius 2 is 1.70 bits per heavy atom. The minimum atomic E-state index is -0.713. The highest BCUT2D eigenvalue weighted by Crippen LogP contribution is 2.25. The second-order valence-corrected chi connectivity index (χ2v) is 6.66. The second kappa shape index (κ2) is 9.56. The molecular formula is C23H22N2O5. The van der Waals surface area contributed by atoms with Gasteiger partial charge in [0.2, 0.25) is 0 Å². The molecule has 0 bridgehead atoms. The summed E-state index contributed by atoms with van der Waals surface area (Å²) in [5.41, 5.74) is 1.87. The molecule has 0 saturated heterocycles. The zero-order valence-corrected chi connectivity index (χ0v) is 16.7. The molecule has 3 aromatic rings. The van der Waals surface area contributed by atoms with Crippen molar-refractivity contribution in [2.24, 2.45) is 0 Å². The number of aryl methyl sites for hydroxylation is 1. The summed E-state index contributed by atoms with van der Waals surface area (Å²) in [5, 5.41) is 7.08. The molecule has 2 amide bonds. The first kappa shape index (κ1) is 20.9. The molecule has 2 N–H and O–H groups in total. The molecule has 0 aliphatic carbocycles. The predicted octanol–water partition coefficient (Wildman–Crippen LogP) is 3.07. The van der Waals surface area contributed by atoms with Crippen molar-refractivity contribution >= 4 is 34.2 Å². The van der Waals surface area contributed by atoms with Crippen LogP contribution in [0.5, 0.6) is 5.75 Å². The van der Waals surface area contributed by atoms with E-state index in [9.17, 15) is 14.4 Å². The SMILES string of the molecule is COc1ccc(C)cc1NC(=O)COC(=O)CNC(=O)c1ccc2ccccc2c1. The highest BCUT2D eigenvalue weighted by atomic mass is 16.5. The molecule has 0 unspecified atom stereocenters. The van der Waals surface area contributed by atoms with Crippen LogP contribution in [0.4, 0.5) is 5.69 Å². The van der Waals surface area contributed by atoms with Crippen LogP contribution in [0.1, 0.15) is 15.9 Å². The maximum absolute atomic E-state index is 12.3. The molecule has 0 atom stereocenters. The molecule has 0 heterocycles. The number of benzene rings is 3. The Hall–Kier alpha value is -3.87. The standard InChI is InChI=1S/C23H22N2O5/c1-15-7-10-20(29-2)19(11-15)25-21(26)14-30-22(27)13-24-23(28)18-9-8-16-5-3-4-6-17(16)12-18/h3-12H,13-14H2,1-2H3,(H,24,28)(H,25,26). The van der Waals surface area contributed by atoms with Gasteiger partial charge >= 0.3 is 5.97 Å². The summed E-state index contributed by atoms with van der Waals surface area (Å²) in [4.78, 5) is 36.2. The molecule has 0 radical (unpaired) electrons. The van der Waals surface area contributed by atoms with Gasteiger partial charge in [-0.05, 0) is 47.5 Å². The van der Waals surface area contributed by atoms with Crippen LogP contribution in [0.15, 0.2) is 60.7 Å². The van der Waals surface area contributed by atoms with Gasteiger partial charge in [-0.2, -0.15) is 0 Å². The van der Waals surface area contributed by atoms with E-state index in [2.05, 4.69) is 10.6 Å². The van der Waals surface area contributed by atoms with Gasteiger partial charge < -0.3 is 20.1 Å². The number of carbonyl (C=O) groups is 3. The molecule has 0 fully saturated rings. The van der Waals surface area contributed by atoms with Crippen molar-refractivity contribution in [1.29, 1.82) is 0 Å². The average Bonchev–Trinajstić information content (AvgIpc) is 2.76. The zero-order chi connectivity index (χ0) is 21.5. The molecule has 0 aromatic heterocycles. The molecule has 3 aromatic carbocycles. The summed E-state index contributed by atoms with van der Waals surface area (Å²) in [6.07, 6.45) is 0. The lowest BCUT2D eigenvalue weighted by Crippen LogP contribution is -2.32. The van der Waals surface area contributed by atoms with Gasteiger partial charge in [0.1, 0.15) is 12.3 Å². The number of fused-ring (bicyclic) bond motifs is 1. The molecule has 0 aliphatic rings. The summed E-state index contributed by atoms with van der Waals surface area (Å²) in [7, 11) is 1.50. The largest absolute Gasteiger partial charge is 0.495 e. The molecular weight excluding hydrogens is 384 g/mol. The van der Waals surface area contributed by atoms with E-state index >= 15 is 0 Å².